The number of rotatable bonds is 8. The van der Waals surface area contributed by atoms with Crippen LogP contribution in [-0.2, 0) is 20.5 Å². The van der Waals surface area contributed by atoms with Crippen molar-refractivity contribution in [3.8, 4) is 0 Å². The van der Waals surface area contributed by atoms with E-state index in [4.69, 9.17) is 39.5 Å². The third-order valence-electron chi connectivity index (χ3n) is 4.57. The summed E-state index contributed by atoms with van der Waals surface area (Å²) in [4.78, 5) is 12.6. The first-order chi connectivity index (χ1) is 14.8. The number of amides is 1. The van der Waals surface area contributed by atoms with Gasteiger partial charge in [0.2, 0.25) is 10.0 Å². The van der Waals surface area contributed by atoms with Gasteiger partial charge in [-0.1, -0.05) is 40.9 Å². The standard InChI is InChI=1S/C20H21Cl3N2O4S2/c21-17-4-2-15(31(27,28)25-6-8-29-9-7-25)12-16(17)20(26)24-5-10-30-13-14-1-3-18(22)19(23)11-14/h1-4,11-12H,5-10,13H2,(H,24,26). The van der Waals surface area contributed by atoms with Gasteiger partial charge in [0.05, 0.1) is 38.7 Å². The largest absolute Gasteiger partial charge is 0.379 e. The van der Waals surface area contributed by atoms with Crippen molar-refractivity contribution in [3.05, 3.63) is 62.6 Å². The molecule has 0 radical (unpaired) electrons. The molecule has 0 atom stereocenters. The zero-order valence-corrected chi connectivity index (χ0v) is 20.3. The second kappa shape index (κ2) is 11.2. The molecule has 168 valence electrons. The molecule has 2 aromatic rings. The second-order valence-corrected chi connectivity index (χ2v) is 11.0. The Bertz CT molecular complexity index is 1040. The van der Waals surface area contributed by atoms with E-state index in [1.54, 1.807) is 17.8 Å². The van der Waals surface area contributed by atoms with E-state index in [1.807, 2.05) is 12.1 Å². The van der Waals surface area contributed by atoms with Gasteiger partial charge in [-0.25, -0.2) is 8.42 Å². The van der Waals surface area contributed by atoms with Crippen molar-refractivity contribution in [2.24, 2.45) is 0 Å². The molecule has 31 heavy (non-hydrogen) atoms. The predicted molar refractivity (Wildman–Crippen MR) is 126 cm³/mol. The Balaban J connectivity index is 1.56. The molecule has 0 bridgehead atoms. The summed E-state index contributed by atoms with van der Waals surface area (Å²) in [6, 6.07) is 9.64. The van der Waals surface area contributed by atoms with Gasteiger partial charge in [-0.2, -0.15) is 16.1 Å². The van der Waals surface area contributed by atoms with Gasteiger partial charge in [-0.15, -0.1) is 0 Å². The lowest BCUT2D eigenvalue weighted by Gasteiger charge is -2.26. The number of ether oxygens (including phenoxy) is 1. The van der Waals surface area contributed by atoms with Crippen LogP contribution in [0.3, 0.4) is 0 Å². The van der Waals surface area contributed by atoms with Crippen molar-refractivity contribution in [1.29, 1.82) is 0 Å². The van der Waals surface area contributed by atoms with Crippen molar-refractivity contribution < 1.29 is 17.9 Å². The fourth-order valence-corrected chi connectivity index (χ4v) is 5.69. The zero-order valence-electron chi connectivity index (χ0n) is 16.4. The average Bonchev–Trinajstić information content (AvgIpc) is 2.76. The molecule has 1 N–H and O–H groups in total. The van der Waals surface area contributed by atoms with Crippen LogP contribution in [0.1, 0.15) is 15.9 Å². The van der Waals surface area contributed by atoms with Crippen molar-refractivity contribution in [2.45, 2.75) is 10.6 Å². The number of halogens is 3. The maximum absolute atomic E-state index is 12.8. The van der Waals surface area contributed by atoms with E-state index in [2.05, 4.69) is 5.32 Å². The number of nitrogens with one attached hydrogen (secondary N) is 1. The van der Waals surface area contributed by atoms with E-state index in [0.717, 1.165) is 11.3 Å². The number of morpholine rings is 1. The van der Waals surface area contributed by atoms with Crippen LogP contribution in [0.15, 0.2) is 41.3 Å². The van der Waals surface area contributed by atoms with E-state index in [0.29, 0.717) is 35.6 Å². The monoisotopic (exact) mass is 522 g/mol. The average molecular weight is 524 g/mol. The number of nitrogens with zero attached hydrogens (tertiary/aromatic N) is 1. The summed E-state index contributed by atoms with van der Waals surface area (Å²) < 4.78 is 32.2. The summed E-state index contributed by atoms with van der Waals surface area (Å²) in [6.07, 6.45) is 0. The number of hydrogen-bond donors (Lipinski definition) is 1. The van der Waals surface area contributed by atoms with E-state index in [9.17, 15) is 13.2 Å². The fourth-order valence-electron chi connectivity index (χ4n) is 2.93. The number of sulfonamides is 1. The maximum Gasteiger partial charge on any atom is 0.252 e. The molecule has 3 rings (SSSR count). The van der Waals surface area contributed by atoms with Gasteiger partial charge in [0, 0.05) is 31.1 Å². The number of carbonyl (C=O) groups is 1. The van der Waals surface area contributed by atoms with Gasteiger partial charge in [0.25, 0.3) is 5.91 Å². The third kappa shape index (κ3) is 6.51. The van der Waals surface area contributed by atoms with Crippen LogP contribution in [0, 0.1) is 0 Å². The number of hydrogen-bond acceptors (Lipinski definition) is 5. The smallest absolute Gasteiger partial charge is 0.252 e. The van der Waals surface area contributed by atoms with Crippen molar-refractivity contribution in [3.63, 3.8) is 0 Å². The molecule has 1 saturated heterocycles. The molecule has 1 amide bonds. The number of benzene rings is 2. The van der Waals surface area contributed by atoms with Crippen molar-refractivity contribution in [2.75, 3.05) is 38.6 Å². The first-order valence-electron chi connectivity index (χ1n) is 9.46. The summed E-state index contributed by atoms with van der Waals surface area (Å²) in [6.45, 7) is 1.66. The van der Waals surface area contributed by atoms with Gasteiger partial charge >= 0.3 is 0 Å². The lowest BCUT2D eigenvalue weighted by Crippen LogP contribution is -2.40. The lowest BCUT2D eigenvalue weighted by molar-refractivity contribution is 0.0730. The number of carbonyl (C=O) groups excluding carboxylic acids is 1. The highest BCUT2D eigenvalue weighted by Gasteiger charge is 2.27. The first-order valence-corrected chi connectivity index (χ1v) is 13.2. The first kappa shape index (κ1) is 24.6. The molecule has 1 heterocycles. The maximum atomic E-state index is 12.8. The van der Waals surface area contributed by atoms with Gasteiger partial charge in [0.15, 0.2) is 0 Å². The summed E-state index contributed by atoms with van der Waals surface area (Å²) in [5.74, 6) is 0.968. The summed E-state index contributed by atoms with van der Waals surface area (Å²) in [7, 11) is -3.71. The van der Waals surface area contributed by atoms with Crippen LogP contribution >= 0.6 is 46.6 Å². The Labute approximate surface area is 201 Å². The third-order valence-corrected chi connectivity index (χ3v) is 8.57. The molecule has 1 aliphatic heterocycles. The predicted octanol–water partition coefficient (Wildman–Crippen LogP) is 4.33. The number of thioether (sulfide) groups is 1. The van der Waals surface area contributed by atoms with Crippen molar-refractivity contribution >= 4 is 62.5 Å². The molecule has 6 nitrogen and oxygen atoms in total. The van der Waals surface area contributed by atoms with Crippen molar-refractivity contribution in [1.82, 2.24) is 9.62 Å². The Morgan fingerprint density at radius 1 is 1.03 bits per heavy atom. The molecule has 0 saturated carbocycles. The van der Waals surface area contributed by atoms with Gasteiger partial charge in [-0.3, -0.25) is 4.79 Å². The summed E-state index contributed by atoms with van der Waals surface area (Å²) >= 11 is 19.7. The van der Waals surface area contributed by atoms with Crippen LogP contribution in [0.5, 0.6) is 0 Å². The SMILES string of the molecule is O=C(NCCSCc1ccc(Cl)c(Cl)c1)c1cc(S(=O)(=O)N2CCOCC2)ccc1Cl. The molecule has 1 fully saturated rings. The minimum Gasteiger partial charge on any atom is -0.379 e. The van der Waals surface area contributed by atoms with Gasteiger partial charge in [0.1, 0.15) is 0 Å². The molecular weight excluding hydrogens is 503 g/mol. The van der Waals surface area contributed by atoms with Crippen LogP contribution in [0.4, 0.5) is 0 Å². The Hall–Kier alpha value is -1.00. The van der Waals surface area contributed by atoms with Crippen LogP contribution in [0.25, 0.3) is 0 Å². The summed E-state index contributed by atoms with van der Waals surface area (Å²) in [5.41, 5.74) is 1.17. The Morgan fingerprint density at radius 3 is 2.45 bits per heavy atom. The van der Waals surface area contributed by atoms with Gasteiger partial charge < -0.3 is 10.1 Å². The second-order valence-electron chi connectivity index (χ2n) is 6.72. The minimum absolute atomic E-state index is 0.0398. The highest BCUT2D eigenvalue weighted by Crippen LogP contribution is 2.25. The van der Waals surface area contributed by atoms with E-state index < -0.39 is 15.9 Å². The lowest BCUT2D eigenvalue weighted by atomic mass is 10.2. The Kier molecular flexibility index (Phi) is 8.92. The quantitative estimate of drug-likeness (QED) is 0.521. The summed E-state index contributed by atoms with van der Waals surface area (Å²) in [5, 5.41) is 4.00. The minimum atomic E-state index is -3.71. The van der Waals surface area contributed by atoms with Crippen LogP contribution < -0.4 is 5.32 Å². The highest BCUT2D eigenvalue weighted by molar-refractivity contribution is 7.98. The topological polar surface area (TPSA) is 75.7 Å². The van der Waals surface area contributed by atoms with Crippen LogP contribution in [-0.4, -0.2) is 57.2 Å². The molecule has 0 spiro atoms. The normalized spacial score (nSPS) is 15.1. The zero-order chi connectivity index (χ0) is 22.4. The molecule has 1 aliphatic rings. The molecule has 0 aliphatic carbocycles. The Morgan fingerprint density at radius 2 is 1.74 bits per heavy atom. The molecular formula is C20H21Cl3N2O4S2. The molecule has 2 aromatic carbocycles. The molecule has 0 unspecified atom stereocenters. The van der Waals surface area contributed by atoms with E-state index in [-0.39, 0.29) is 28.6 Å². The highest BCUT2D eigenvalue weighted by atomic mass is 35.5. The molecule has 0 aromatic heterocycles. The fraction of sp³-hybridized carbons (Fsp3) is 0.350. The van der Waals surface area contributed by atoms with E-state index >= 15 is 0 Å². The van der Waals surface area contributed by atoms with Gasteiger partial charge in [-0.05, 0) is 35.9 Å². The van der Waals surface area contributed by atoms with E-state index in [1.165, 1.54) is 22.5 Å². The van der Waals surface area contributed by atoms with Crippen LogP contribution in [0.2, 0.25) is 15.1 Å². The molecule has 11 heteroatoms.